The lowest BCUT2D eigenvalue weighted by atomic mass is 9.99. The first-order chi connectivity index (χ1) is 15.4. The van der Waals surface area contributed by atoms with E-state index in [1.54, 1.807) is 51.1 Å². The first kappa shape index (κ1) is 28.9. The predicted molar refractivity (Wildman–Crippen MR) is 121 cm³/mol. The van der Waals surface area contributed by atoms with Gasteiger partial charge in [-0.25, -0.2) is 15.0 Å². The third-order valence-corrected chi connectivity index (χ3v) is 3.87. The van der Waals surface area contributed by atoms with Gasteiger partial charge in [-0.15, -0.1) is 0 Å². The monoisotopic (exact) mass is 485 g/mol. The second-order valence-corrected chi connectivity index (χ2v) is 9.49. The summed E-state index contributed by atoms with van der Waals surface area (Å²) < 4.78 is 39.3. The van der Waals surface area contributed by atoms with Crippen molar-refractivity contribution >= 4 is 23.9 Å². The molecule has 2 amide bonds. The van der Waals surface area contributed by atoms with Gasteiger partial charge < -0.3 is 15.2 Å². The minimum atomic E-state index is -4.00. The van der Waals surface area contributed by atoms with E-state index < -0.39 is 53.6 Å². The molecule has 1 aromatic rings. The Morgan fingerprint density at radius 3 is 2.06 bits per heavy atom. The number of benzene rings is 1. The number of carbonyl (C=O) groups excluding carboxylic acids is 3. The smallest absolute Gasteiger partial charge is 0.432 e. The fraction of sp³-hybridized carbons (Fsp3) is 0.545. The van der Waals surface area contributed by atoms with Crippen LogP contribution < -0.4 is 16.5 Å². The lowest BCUT2D eigenvalue weighted by Gasteiger charge is -2.29. The average molecular weight is 486 g/mol. The number of hydrazine groups is 1. The van der Waals surface area contributed by atoms with Gasteiger partial charge in [0, 0.05) is 0 Å². The van der Waals surface area contributed by atoms with Crippen LogP contribution in [0.15, 0.2) is 30.3 Å². The van der Waals surface area contributed by atoms with Crippen LogP contribution in [0.25, 0.3) is 0 Å². The molecule has 0 saturated heterocycles. The molecule has 0 aromatic heterocycles. The molecule has 0 aliphatic heterocycles. The molecule has 12 heteroatoms. The van der Waals surface area contributed by atoms with Crippen LogP contribution in [0.5, 0.6) is 0 Å². The average Bonchev–Trinajstić information content (AvgIpc) is 2.65. The number of guanidine groups is 1. The molecular formula is C22H33F2N5O5. The summed E-state index contributed by atoms with van der Waals surface area (Å²) in [6.45, 7) is 7.91. The second kappa shape index (κ2) is 11.3. The topological polar surface area (TPSA) is 147 Å². The molecule has 34 heavy (non-hydrogen) atoms. The van der Waals surface area contributed by atoms with Crippen LogP contribution in [0.3, 0.4) is 0 Å². The molecule has 0 radical (unpaired) electrons. The molecule has 0 spiro atoms. The van der Waals surface area contributed by atoms with Gasteiger partial charge >= 0.3 is 18.1 Å². The van der Waals surface area contributed by atoms with Crippen LogP contribution in [0.2, 0.25) is 0 Å². The van der Waals surface area contributed by atoms with Gasteiger partial charge in [0.05, 0.1) is 12.6 Å². The maximum Gasteiger partial charge on any atom is 0.432 e. The van der Waals surface area contributed by atoms with Crippen molar-refractivity contribution in [1.82, 2.24) is 15.8 Å². The van der Waals surface area contributed by atoms with Crippen LogP contribution in [0.1, 0.15) is 47.1 Å². The molecule has 0 fully saturated rings. The number of carbonyl (C=O) groups is 3. The van der Waals surface area contributed by atoms with Crippen LogP contribution in [0.4, 0.5) is 18.4 Å². The largest absolute Gasteiger partial charge is 0.444 e. The molecule has 0 saturated carbocycles. The Kier molecular flexibility index (Phi) is 9.64. The zero-order valence-corrected chi connectivity index (χ0v) is 20.2. The third-order valence-electron chi connectivity index (χ3n) is 3.87. The van der Waals surface area contributed by atoms with Crippen molar-refractivity contribution in [3.05, 3.63) is 35.9 Å². The van der Waals surface area contributed by atoms with E-state index in [0.29, 0.717) is 5.56 Å². The summed E-state index contributed by atoms with van der Waals surface area (Å²) in [7, 11) is 0. The molecule has 10 nitrogen and oxygen atoms in total. The molecular weight excluding hydrogens is 452 g/mol. The van der Waals surface area contributed by atoms with Crippen molar-refractivity contribution in [2.75, 3.05) is 6.54 Å². The summed E-state index contributed by atoms with van der Waals surface area (Å²) in [6.07, 6.45) is -2.47. The number of nitrogens with one attached hydrogen (secondary N) is 3. The first-order valence-electron chi connectivity index (χ1n) is 10.5. The SMILES string of the molecule is CC(C)(C)OC(=O)NC(=N)N(NCC(F)(F)C(=O)C(N)Cc1ccccc1)C(=O)OC(C)(C)C. The van der Waals surface area contributed by atoms with Crippen molar-refractivity contribution in [1.29, 1.82) is 5.41 Å². The number of alkyl carbamates (subject to hydrolysis) is 1. The summed E-state index contributed by atoms with van der Waals surface area (Å²) in [5, 5.41) is 10.2. The van der Waals surface area contributed by atoms with E-state index in [2.05, 4.69) is 0 Å². The van der Waals surface area contributed by atoms with E-state index >= 15 is 0 Å². The maximum atomic E-state index is 14.6. The fourth-order valence-electron chi connectivity index (χ4n) is 2.50. The van der Waals surface area contributed by atoms with Crippen LogP contribution >= 0.6 is 0 Å². The fourth-order valence-corrected chi connectivity index (χ4v) is 2.50. The Morgan fingerprint density at radius 1 is 1.03 bits per heavy atom. The summed E-state index contributed by atoms with van der Waals surface area (Å²) in [5.41, 5.74) is 6.33. The molecule has 0 bridgehead atoms. The molecule has 1 atom stereocenters. The number of hydrogen-bond donors (Lipinski definition) is 4. The zero-order valence-electron chi connectivity index (χ0n) is 20.2. The molecule has 0 aliphatic carbocycles. The van der Waals surface area contributed by atoms with E-state index in [1.807, 2.05) is 10.7 Å². The number of Topliss-reactive ketones (excluding diaryl/α,β-unsaturated/α-hetero) is 1. The number of ketones is 1. The molecule has 1 rings (SSSR count). The summed E-state index contributed by atoms with van der Waals surface area (Å²) in [5.74, 6) is -6.50. The lowest BCUT2D eigenvalue weighted by Crippen LogP contribution is -2.59. The third kappa shape index (κ3) is 10.2. The molecule has 0 aliphatic rings. The Morgan fingerprint density at radius 2 is 1.56 bits per heavy atom. The van der Waals surface area contributed by atoms with Gasteiger partial charge in [-0.3, -0.25) is 15.5 Å². The minimum absolute atomic E-state index is 0.110. The number of nitrogens with zero attached hydrogens (tertiary/aromatic N) is 1. The van der Waals surface area contributed by atoms with Crippen molar-refractivity contribution < 1.29 is 32.6 Å². The quantitative estimate of drug-likeness (QED) is 0.264. The van der Waals surface area contributed by atoms with Gasteiger partial charge in [0.1, 0.15) is 11.2 Å². The number of halogens is 2. The lowest BCUT2D eigenvalue weighted by molar-refractivity contribution is -0.144. The number of rotatable bonds is 7. The number of alkyl halides is 2. The van der Waals surface area contributed by atoms with Crippen molar-refractivity contribution in [2.24, 2.45) is 5.73 Å². The van der Waals surface area contributed by atoms with Crippen molar-refractivity contribution in [3.63, 3.8) is 0 Å². The van der Waals surface area contributed by atoms with E-state index in [0.717, 1.165) is 0 Å². The Labute approximate surface area is 197 Å². The number of amides is 2. The molecule has 1 unspecified atom stereocenters. The van der Waals surface area contributed by atoms with Crippen LogP contribution in [-0.2, 0) is 20.7 Å². The van der Waals surface area contributed by atoms with Gasteiger partial charge in [0.2, 0.25) is 11.7 Å². The first-order valence-corrected chi connectivity index (χ1v) is 10.5. The summed E-state index contributed by atoms with van der Waals surface area (Å²) >= 11 is 0. The second-order valence-electron chi connectivity index (χ2n) is 9.49. The molecule has 190 valence electrons. The minimum Gasteiger partial charge on any atom is -0.444 e. The Hall–Kier alpha value is -3.12. The van der Waals surface area contributed by atoms with Crippen molar-refractivity contribution in [2.45, 2.75) is 71.1 Å². The molecule has 5 N–H and O–H groups in total. The number of hydrogen-bond acceptors (Lipinski definition) is 8. The van der Waals surface area contributed by atoms with Crippen LogP contribution in [-0.4, -0.2) is 58.6 Å². The molecule has 0 heterocycles. The summed E-state index contributed by atoms with van der Waals surface area (Å²) in [4.78, 5) is 36.7. The Balaban J connectivity index is 2.94. The van der Waals surface area contributed by atoms with E-state index in [1.165, 1.54) is 20.8 Å². The molecule has 1 aromatic carbocycles. The Bertz CT molecular complexity index is 882. The summed E-state index contributed by atoms with van der Waals surface area (Å²) in [6, 6.07) is 6.91. The van der Waals surface area contributed by atoms with Crippen LogP contribution in [0, 0.1) is 5.41 Å². The van der Waals surface area contributed by atoms with Crippen molar-refractivity contribution in [3.8, 4) is 0 Å². The highest BCUT2D eigenvalue weighted by Crippen LogP contribution is 2.18. The van der Waals surface area contributed by atoms with E-state index in [4.69, 9.17) is 20.6 Å². The highest BCUT2D eigenvalue weighted by atomic mass is 19.3. The number of ether oxygens (including phenoxy) is 2. The van der Waals surface area contributed by atoms with Gasteiger partial charge in [-0.05, 0) is 53.5 Å². The van der Waals surface area contributed by atoms with E-state index in [9.17, 15) is 23.2 Å². The van der Waals surface area contributed by atoms with Gasteiger partial charge in [0.25, 0.3) is 0 Å². The number of nitrogens with two attached hydrogens (primary N) is 1. The van der Waals surface area contributed by atoms with E-state index in [-0.39, 0.29) is 11.4 Å². The maximum absolute atomic E-state index is 14.6. The highest BCUT2D eigenvalue weighted by molar-refractivity contribution is 5.99. The highest BCUT2D eigenvalue weighted by Gasteiger charge is 2.43. The zero-order chi connectivity index (χ0) is 26.3. The predicted octanol–water partition coefficient (Wildman–Crippen LogP) is 2.96. The van der Waals surface area contributed by atoms with Gasteiger partial charge in [0.15, 0.2) is 0 Å². The van der Waals surface area contributed by atoms with Gasteiger partial charge in [-0.2, -0.15) is 13.8 Å². The van der Waals surface area contributed by atoms with Gasteiger partial charge in [-0.1, -0.05) is 30.3 Å². The normalized spacial score (nSPS) is 13.0. The standard InChI is InChI=1S/C22H33F2N5O5/c1-20(2,3)33-18(31)28-17(26)29(19(32)34-21(4,5)6)27-13-22(23,24)16(30)15(25)12-14-10-8-7-9-11-14/h7-11,15,27H,12-13,25H2,1-6H3,(H2,26,28,31).